The minimum atomic E-state index is -3.71. The number of sulfonamides is 1. The van der Waals surface area contributed by atoms with E-state index in [0.717, 1.165) is 0 Å². The molecule has 2 aromatic heterocycles. The molecule has 2 aromatic rings. The van der Waals surface area contributed by atoms with Crippen LogP contribution in [0.2, 0.25) is 0 Å². The fourth-order valence-corrected chi connectivity index (χ4v) is 2.91. The second-order valence-electron chi connectivity index (χ2n) is 4.36. The van der Waals surface area contributed by atoms with E-state index in [1.54, 1.807) is 23.7 Å². The fraction of sp³-hybridized carbons (Fsp3) is 0.308. The summed E-state index contributed by atoms with van der Waals surface area (Å²) in [6.07, 6.45) is 2.83. The SMILES string of the molecule is CCOc1ccc(NS(=O)(=O)c2cc(CO)n(C)c2)cn1. The second kappa shape index (κ2) is 6.15. The van der Waals surface area contributed by atoms with Crippen molar-refractivity contribution < 1.29 is 18.3 Å². The highest BCUT2D eigenvalue weighted by Gasteiger charge is 2.17. The number of nitrogens with zero attached hydrogens (tertiary/aromatic N) is 2. The first kappa shape index (κ1) is 15.3. The summed E-state index contributed by atoms with van der Waals surface area (Å²) < 4.78 is 33.6. The second-order valence-corrected chi connectivity index (χ2v) is 6.04. The molecule has 0 fully saturated rings. The van der Waals surface area contributed by atoms with E-state index in [9.17, 15) is 8.42 Å². The maximum absolute atomic E-state index is 12.2. The molecule has 0 aliphatic heterocycles. The smallest absolute Gasteiger partial charge is 0.263 e. The molecule has 2 rings (SSSR count). The number of anilines is 1. The van der Waals surface area contributed by atoms with Crippen LogP contribution in [0.5, 0.6) is 5.88 Å². The number of hydrogen-bond donors (Lipinski definition) is 2. The van der Waals surface area contributed by atoms with Gasteiger partial charge in [-0.25, -0.2) is 13.4 Å². The first-order chi connectivity index (χ1) is 9.96. The monoisotopic (exact) mass is 311 g/mol. The number of aliphatic hydroxyl groups is 1. The molecule has 0 aliphatic carbocycles. The van der Waals surface area contributed by atoms with E-state index >= 15 is 0 Å². The van der Waals surface area contributed by atoms with Crippen LogP contribution < -0.4 is 9.46 Å². The summed E-state index contributed by atoms with van der Waals surface area (Å²) in [7, 11) is -2.04. The van der Waals surface area contributed by atoms with Crippen LogP contribution in [0.3, 0.4) is 0 Å². The summed E-state index contributed by atoms with van der Waals surface area (Å²) in [4.78, 5) is 4.08. The Hall–Kier alpha value is -2.06. The zero-order valence-corrected chi connectivity index (χ0v) is 12.6. The molecule has 0 saturated heterocycles. The number of hydrogen-bond acceptors (Lipinski definition) is 5. The lowest BCUT2D eigenvalue weighted by Crippen LogP contribution is -2.12. The van der Waals surface area contributed by atoms with Crippen molar-refractivity contribution >= 4 is 15.7 Å². The van der Waals surface area contributed by atoms with Crippen molar-refractivity contribution in [2.75, 3.05) is 11.3 Å². The van der Waals surface area contributed by atoms with Crippen molar-refractivity contribution in [3.63, 3.8) is 0 Å². The van der Waals surface area contributed by atoms with Gasteiger partial charge in [0.2, 0.25) is 5.88 Å². The Morgan fingerprint density at radius 1 is 1.43 bits per heavy atom. The molecule has 2 heterocycles. The molecule has 0 bridgehead atoms. The van der Waals surface area contributed by atoms with Gasteiger partial charge in [-0.15, -0.1) is 0 Å². The minimum absolute atomic E-state index is 0.0861. The predicted molar refractivity (Wildman–Crippen MR) is 77.6 cm³/mol. The topological polar surface area (TPSA) is 93.5 Å². The first-order valence-electron chi connectivity index (χ1n) is 6.34. The lowest BCUT2D eigenvalue weighted by atomic mass is 10.4. The maximum Gasteiger partial charge on any atom is 0.263 e. The van der Waals surface area contributed by atoms with Crippen LogP contribution >= 0.6 is 0 Å². The lowest BCUT2D eigenvalue weighted by molar-refractivity contribution is 0.272. The van der Waals surface area contributed by atoms with Crippen LogP contribution in [0, 0.1) is 0 Å². The fourth-order valence-electron chi connectivity index (χ4n) is 1.77. The Labute approximate surface area is 123 Å². The van der Waals surface area contributed by atoms with E-state index in [0.29, 0.717) is 23.9 Å². The molecule has 0 amide bonds. The molecule has 0 spiro atoms. The number of nitrogens with one attached hydrogen (secondary N) is 1. The normalized spacial score (nSPS) is 11.4. The lowest BCUT2D eigenvalue weighted by Gasteiger charge is -2.07. The van der Waals surface area contributed by atoms with Crippen molar-refractivity contribution in [3.8, 4) is 5.88 Å². The van der Waals surface area contributed by atoms with E-state index in [-0.39, 0.29) is 11.5 Å². The van der Waals surface area contributed by atoms with E-state index in [2.05, 4.69) is 9.71 Å². The standard InChI is InChI=1S/C13H17N3O4S/c1-3-20-13-5-4-10(7-14-13)15-21(18,19)12-6-11(9-17)16(2)8-12/h4-8,15,17H,3,9H2,1-2H3. The molecular weight excluding hydrogens is 294 g/mol. The van der Waals surface area contributed by atoms with Crippen LogP contribution in [0.1, 0.15) is 12.6 Å². The van der Waals surface area contributed by atoms with Gasteiger partial charge in [0.1, 0.15) is 4.90 Å². The molecule has 0 unspecified atom stereocenters. The summed E-state index contributed by atoms with van der Waals surface area (Å²) >= 11 is 0. The molecule has 0 aromatic carbocycles. The number of aryl methyl sites for hydroxylation is 1. The van der Waals surface area contributed by atoms with Gasteiger partial charge in [0.25, 0.3) is 10.0 Å². The van der Waals surface area contributed by atoms with Gasteiger partial charge in [-0.3, -0.25) is 4.72 Å². The van der Waals surface area contributed by atoms with Gasteiger partial charge < -0.3 is 14.4 Å². The molecule has 8 heteroatoms. The Kier molecular flexibility index (Phi) is 4.49. The maximum atomic E-state index is 12.2. The van der Waals surface area contributed by atoms with Crippen molar-refractivity contribution in [1.29, 1.82) is 0 Å². The van der Waals surface area contributed by atoms with Gasteiger partial charge in [-0.2, -0.15) is 0 Å². The van der Waals surface area contributed by atoms with Gasteiger partial charge in [-0.05, 0) is 19.1 Å². The van der Waals surface area contributed by atoms with E-state index in [1.807, 2.05) is 6.92 Å². The molecule has 0 saturated carbocycles. The van der Waals surface area contributed by atoms with Crippen molar-refractivity contribution in [3.05, 3.63) is 36.3 Å². The number of pyridine rings is 1. The third kappa shape index (κ3) is 3.53. The summed E-state index contributed by atoms with van der Waals surface area (Å²) in [5.41, 5.74) is 0.855. The third-order valence-electron chi connectivity index (χ3n) is 2.84. The van der Waals surface area contributed by atoms with E-state index < -0.39 is 10.0 Å². The van der Waals surface area contributed by atoms with Crippen LogP contribution in [-0.2, 0) is 23.7 Å². The molecule has 2 N–H and O–H groups in total. The predicted octanol–water partition coefficient (Wildman–Crippen LogP) is 1.11. The Morgan fingerprint density at radius 2 is 2.19 bits per heavy atom. The van der Waals surface area contributed by atoms with Gasteiger partial charge >= 0.3 is 0 Å². The zero-order chi connectivity index (χ0) is 15.5. The van der Waals surface area contributed by atoms with Crippen LogP contribution in [-0.4, -0.2) is 29.7 Å². The van der Waals surface area contributed by atoms with Gasteiger partial charge in [-0.1, -0.05) is 0 Å². The van der Waals surface area contributed by atoms with Crippen LogP contribution in [0.25, 0.3) is 0 Å². The van der Waals surface area contributed by atoms with Crippen molar-refractivity contribution in [1.82, 2.24) is 9.55 Å². The number of ether oxygens (including phenoxy) is 1. The van der Waals surface area contributed by atoms with Crippen LogP contribution in [0.4, 0.5) is 5.69 Å². The Bertz CT molecular complexity index is 708. The van der Waals surface area contributed by atoms with Crippen molar-refractivity contribution in [2.45, 2.75) is 18.4 Å². The highest BCUT2D eigenvalue weighted by Crippen LogP contribution is 2.19. The molecule has 0 radical (unpaired) electrons. The summed E-state index contributed by atoms with van der Waals surface area (Å²) in [6, 6.07) is 4.58. The third-order valence-corrected chi connectivity index (χ3v) is 4.18. The molecule has 21 heavy (non-hydrogen) atoms. The minimum Gasteiger partial charge on any atom is -0.478 e. The van der Waals surface area contributed by atoms with Gasteiger partial charge in [0.05, 0.1) is 25.1 Å². The van der Waals surface area contributed by atoms with Crippen LogP contribution in [0.15, 0.2) is 35.5 Å². The van der Waals surface area contributed by atoms with Crippen molar-refractivity contribution in [2.24, 2.45) is 7.05 Å². The molecular formula is C13H17N3O4S. The quantitative estimate of drug-likeness (QED) is 0.833. The zero-order valence-electron chi connectivity index (χ0n) is 11.8. The Morgan fingerprint density at radius 3 is 2.71 bits per heavy atom. The summed E-state index contributed by atoms with van der Waals surface area (Å²) in [6.45, 7) is 2.11. The molecule has 0 atom stereocenters. The molecule has 0 aliphatic rings. The van der Waals surface area contributed by atoms with Gasteiger partial charge in [0.15, 0.2) is 0 Å². The highest BCUT2D eigenvalue weighted by molar-refractivity contribution is 7.92. The summed E-state index contributed by atoms with van der Waals surface area (Å²) in [5, 5.41) is 9.11. The number of rotatable bonds is 6. The van der Waals surface area contributed by atoms with E-state index in [1.165, 1.54) is 18.5 Å². The Balaban J connectivity index is 2.20. The van der Waals surface area contributed by atoms with E-state index in [4.69, 9.17) is 9.84 Å². The van der Waals surface area contributed by atoms with Gasteiger partial charge in [0, 0.05) is 25.0 Å². The largest absolute Gasteiger partial charge is 0.478 e. The average Bonchev–Trinajstić information content (AvgIpc) is 2.83. The molecule has 114 valence electrons. The summed E-state index contributed by atoms with van der Waals surface area (Å²) in [5.74, 6) is 0.433. The molecule has 7 nitrogen and oxygen atoms in total. The highest BCUT2D eigenvalue weighted by atomic mass is 32.2. The average molecular weight is 311 g/mol. The first-order valence-corrected chi connectivity index (χ1v) is 7.82. The number of aliphatic hydroxyl groups excluding tert-OH is 1. The number of aromatic nitrogens is 2.